The standard InChI is InChI=1S/C27H19ClFNO6/c1-34-19-9-7-18(8-10-19)30-23(14-3-5-17(29)6-4-14)22(25(32)27(30)33)24(31)20-12-15-11-16(28)13-21(35-2)26(15)36-20/h3-13,23,32H,1-2H3. The van der Waals surface area contributed by atoms with Crippen LogP contribution >= 0.6 is 11.6 Å². The third kappa shape index (κ3) is 3.85. The molecular weight excluding hydrogens is 489 g/mol. The first-order chi connectivity index (χ1) is 17.3. The molecule has 4 aromatic rings. The maximum atomic E-state index is 13.7. The third-order valence-electron chi connectivity index (χ3n) is 5.98. The van der Waals surface area contributed by atoms with Crippen molar-refractivity contribution < 1.29 is 33.0 Å². The molecule has 0 fully saturated rings. The number of methoxy groups -OCH3 is 2. The van der Waals surface area contributed by atoms with E-state index in [1.54, 1.807) is 36.4 Å². The van der Waals surface area contributed by atoms with Crippen molar-refractivity contribution in [2.45, 2.75) is 6.04 Å². The summed E-state index contributed by atoms with van der Waals surface area (Å²) in [5.74, 6) is -1.94. The van der Waals surface area contributed by atoms with Gasteiger partial charge in [-0.3, -0.25) is 14.5 Å². The van der Waals surface area contributed by atoms with Crippen molar-refractivity contribution in [1.29, 1.82) is 0 Å². The Labute approximate surface area is 209 Å². The van der Waals surface area contributed by atoms with Gasteiger partial charge in [-0.2, -0.15) is 0 Å². The number of aliphatic hydroxyl groups excluding tert-OH is 1. The van der Waals surface area contributed by atoms with Crippen molar-refractivity contribution in [1.82, 2.24) is 0 Å². The smallest absolute Gasteiger partial charge is 0.294 e. The first kappa shape index (κ1) is 23.4. The Balaban J connectivity index is 1.65. The van der Waals surface area contributed by atoms with Crippen molar-refractivity contribution in [2.24, 2.45) is 0 Å². The number of ether oxygens (including phenoxy) is 2. The van der Waals surface area contributed by atoms with E-state index in [9.17, 15) is 19.1 Å². The van der Waals surface area contributed by atoms with Crippen LogP contribution in [0.4, 0.5) is 10.1 Å². The van der Waals surface area contributed by atoms with Crippen LogP contribution in [-0.4, -0.2) is 31.0 Å². The molecule has 1 atom stereocenters. The molecule has 9 heteroatoms. The zero-order valence-electron chi connectivity index (χ0n) is 19.1. The number of rotatable bonds is 6. The molecule has 0 aliphatic carbocycles. The van der Waals surface area contributed by atoms with Gasteiger partial charge in [0.05, 0.1) is 25.8 Å². The summed E-state index contributed by atoms with van der Waals surface area (Å²) in [6, 6.07) is 15.5. The number of carbonyl (C=O) groups excluding carboxylic acids is 2. The second kappa shape index (κ2) is 9.05. The molecule has 2 heterocycles. The molecule has 1 N–H and O–H groups in total. The zero-order valence-corrected chi connectivity index (χ0v) is 19.9. The van der Waals surface area contributed by atoms with Crippen LogP contribution in [-0.2, 0) is 4.79 Å². The Morgan fingerprint density at radius 2 is 1.72 bits per heavy atom. The maximum Gasteiger partial charge on any atom is 0.294 e. The van der Waals surface area contributed by atoms with Gasteiger partial charge in [-0.05, 0) is 54.1 Å². The largest absolute Gasteiger partial charge is 0.503 e. The van der Waals surface area contributed by atoms with E-state index in [2.05, 4.69) is 0 Å². The Hall–Kier alpha value is -4.30. The summed E-state index contributed by atoms with van der Waals surface area (Å²) in [7, 11) is 2.95. The molecule has 0 bridgehead atoms. The Morgan fingerprint density at radius 3 is 2.36 bits per heavy atom. The Morgan fingerprint density at radius 1 is 1.03 bits per heavy atom. The lowest BCUT2D eigenvalue weighted by atomic mass is 9.94. The van der Waals surface area contributed by atoms with Crippen LogP contribution in [0.2, 0.25) is 5.02 Å². The number of furan rings is 1. The summed E-state index contributed by atoms with van der Waals surface area (Å²) in [4.78, 5) is 28.3. The van der Waals surface area contributed by atoms with E-state index >= 15 is 0 Å². The summed E-state index contributed by atoms with van der Waals surface area (Å²) in [6.07, 6.45) is 0. The molecule has 5 rings (SSSR count). The fourth-order valence-electron chi connectivity index (χ4n) is 4.29. The molecule has 182 valence electrons. The number of amides is 1. The molecule has 1 aliphatic heterocycles. The van der Waals surface area contributed by atoms with Crippen LogP contribution in [0.1, 0.15) is 22.2 Å². The monoisotopic (exact) mass is 507 g/mol. The fourth-order valence-corrected chi connectivity index (χ4v) is 4.51. The van der Waals surface area contributed by atoms with Crippen LogP contribution < -0.4 is 14.4 Å². The van der Waals surface area contributed by atoms with Gasteiger partial charge in [0.2, 0.25) is 5.78 Å². The number of halogens is 2. The predicted molar refractivity (Wildman–Crippen MR) is 131 cm³/mol. The van der Waals surface area contributed by atoms with Crippen LogP contribution in [0.3, 0.4) is 0 Å². The SMILES string of the molecule is COc1ccc(N2C(=O)C(O)=C(C(=O)c3cc4cc(Cl)cc(OC)c4o3)C2c2ccc(F)cc2)cc1. The van der Waals surface area contributed by atoms with Gasteiger partial charge in [0, 0.05) is 22.2 Å². The number of nitrogens with zero attached hydrogens (tertiary/aromatic N) is 1. The van der Waals surface area contributed by atoms with Gasteiger partial charge in [-0.15, -0.1) is 0 Å². The number of carbonyl (C=O) groups is 2. The van der Waals surface area contributed by atoms with Crippen molar-refractivity contribution in [3.05, 3.63) is 100 Å². The minimum Gasteiger partial charge on any atom is -0.503 e. The second-order valence-corrected chi connectivity index (χ2v) is 8.49. The Bertz CT molecular complexity index is 1520. The molecule has 0 saturated carbocycles. The summed E-state index contributed by atoms with van der Waals surface area (Å²) in [5, 5.41) is 11.8. The Kier molecular flexibility index (Phi) is 5.89. The maximum absolute atomic E-state index is 13.7. The summed E-state index contributed by atoms with van der Waals surface area (Å²) in [6.45, 7) is 0. The van der Waals surface area contributed by atoms with Crippen molar-refractivity contribution in [3.63, 3.8) is 0 Å². The van der Waals surface area contributed by atoms with Crippen LogP contribution in [0, 0.1) is 5.82 Å². The molecule has 1 aliphatic rings. The van der Waals surface area contributed by atoms with Gasteiger partial charge >= 0.3 is 0 Å². The van der Waals surface area contributed by atoms with Crippen LogP contribution in [0.15, 0.2) is 82.5 Å². The van der Waals surface area contributed by atoms with E-state index < -0.39 is 29.3 Å². The third-order valence-corrected chi connectivity index (χ3v) is 6.20. The molecule has 36 heavy (non-hydrogen) atoms. The highest BCUT2D eigenvalue weighted by Crippen LogP contribution is 2.43. The summed E-state index contributed by atoms with van der Waals surface area (Å²) in [5.41, 5.74) is 0.916. The first-order valence-corrected chi connectivity index (χ1v) is 11.2. The highest BCUT2D eigenvalue weighted by Gasteiger charge is 2.45. The number of hydrogen-bond acceptors (Lipinski definition) is 6. The first-order valence-electron chi connectivity index (χ1n) is 10.8. The van der Waals surface area contributed by atoms with E-state index in [1.165, 1.54) is 49.5 Å². The molecule has 0 saturated heterocycles. The van der Waals surface area contributed by atoms with E-state index in [0.29, 0.717) is 38.7 Å². The topological polar surface area (TPSA) is 89.2 Å². The number of aliphatic hydroxyl groups is 1. The van der Waals surface area contributed by atoms with Gasteiger partial charge in [-0.25, -0.2) is 4.39 Å². The van der Waals surface area contributed by atoms with Crippen molar-refractivity contribution >= 4 is 39.9 Å². The number of anilines is 1. The van der Waals surface area contributed by atoms with Gasteiger partial charge < -0.3 is 19.0 Å². The summed E-state index contributed by atoms with van der Waals surface area (Å²) < 4.78 is 30.0. The van der Waals surface area contributed by atoms with Crippen LogP contribution in [0.25, 0.3) is 11.0 Å². The molecule has 1 aromatic heterocycles. The lowest BCUT2D eigenvalue weighted by molar-refractivity contribution is -0.117. The average Bonchev–Trinajstić information content (AvgIpc) is 3.42. The quantitative estimate of drug-likeness (QED) is 0.321. The van der Waals surface area contributed by atoms with Gasteiger partial charge in [0.15, 0.2) is 22.9 Å². The van der Waals surface area contributed by atoms with E-state index in [4.69, 9.17) is 25.5 Å². The van der Waals surface area contributed by atoms with E-state index in [1.807, 2.05) is 0 Å². The minimum absolute atomic E-state index is 0.122. The molecule has 7 nitrogen and oxygen atoms in total. The van der Waals surface area contributed by atoms with E-state index in [0.717, 1.165) is 0 Å². The van der Waals surface area contributed by atoms with Gasteiger partial charge in [-0.1, -0.05) is 23.7 Å². The minimum atomic E-state index is -1.04. The number of ketones is 1. The average molecular weight is 508 g/mol. The molecular formula is C27H19ClFNO6. The molecule has 0 spiro atoms. The second-order valence-electron chi connectivity index (χ2n) is 8.06. The number of Topliss-reactive ketones (excluding diaryl/α,β-unsaturated/α-hetero) is 1. The van der Waals surface area contributed by atoms with Crippen molar-refractivity contribution in [2.75, 3.05) is 19.1 Å². The summed E-state index contributed by atoms with van der Waals surface area (Å²) >= 11 is 6.14. The van der Waals surface area contributed by atoms with E-state index in [-0.39, 0.29) is 11.3 Å². The number of fused-ring (bicyclic) bond motifs is 1. The normalized spacial score (nSPS) is 15.6. The van der Waals surface area contributed by atoms with Gasteiger partial charge in [0.1, 0.15) is 11.6 Å². The number of hydrogen-bond donors (Lipinski definition) is 1. The lowest BCUT2D eigenvalue weighted by Gasteiger charge is -2.27. The zero-order chi connectivity index (χ0) is 25.6. The predicted octanol–water partition coefficient (Wildman–Crippen LogP) is 6.03. The molecule has 0 radical (unpaired) electrons. The highest BCUT2D eigenvalue weighted by molar-refractivity contribution is 6.31. The fraction of sp³-hybridized carbons (Fsp3) is 0.111. The molecule has 1 unspecified atom stereocenters. The number of benzene rings is 3. The van der Waals surface area contributed by atoms with Crippen LogP contribution in [0.5, 0.6) is 11.5 Å². The lowest BCUT2D eigenvalue weighted by Crippen LogP contribution is -2.31. The molecule has 1 amide bonds. The van der Waals surface area contributed by atoms with Crippen molar-refractivity contribution in [3.8, 4) is 11.5 Å². The highest BCUT2D eigenvalue weighted by atomic mass is 35.5. The van der Waals surface area contributed by atoms with Gasteiger partial charge in [0.25, 0.3) is 5.91 Å². The molecule has 3 aromatic carbocycles.